The van der Waals surface area contributed by atoms with Gasteiger partial charge in [-0.1, -0.05) is 40.2 Å². The molecular weight excluding hydrogens is 359 g/mol. The molecule has 4 fully saturated rings. The largest absolute Gasteiger partial charge is 0.463 e. The van der Waals surface area contributed by atoms with Crippen LogP contribution in [0.2, 0.25) is 5.31 Å². The third kappa shape index (κ3) is 3.03. The molecule has 1 saturated heterocycles. The van der Waals surface area contributed by atoms with Gasteiger partial charge in [-0.25, -0.2) is 0 Å². The first kappa shape index (κ1) is 20.3. The molecule has 7 atom stereocenters. The zero-order chi connectivity index (χ0) is 20.6. The summed E-state index contributed by atoms with van der Waals surface area (Å²) in [5.41, 5.74) is 2.15. The summed E-state index contributed by atoms with van der Waals surface area (Å²) in [7, 11) is -0.0625. The van der Waals surface area contributed by atoms with Crippen molar-refractivity contribution < 1.29 is 14.1 Å². The lowest BCUT2D eigenvalue weighted by Gasteiger charge is -2.58. The summed E-state index contributed by atoms with van der Waals surface area (Å²) >= 11 is 0. The highest BCUT2D eigenvalue weighted by Crippen LogP contribution is 2.67. The Bertz CT molecular complexity index is 724. The Morgan fingerprint density at radius 1 is 1.00 bits per heavy atom. The highest BCUT2D eigenvalue weighted by Gasteiger charge is 2.61. The molecule has 3 nitrogen and oxygen atoms in total. The fraction of sp³-hybridized carbons (Fsp3) is 0.880. The number of hydrogen-bond donors (Lipinski definition) is 0. The van der Waals surface area contributed by atoms with Crippen LogP contribution in [0.4, 0.5) is 0 Å². The molecule has 160 valence electrons. The maximum Gasteiger partial charge on any atom is 0.463 e. The van der Waals surface area contributed by atoms with Gasteiger partial charge in [0.2, 0.25) is 0 Å². The van der Waals surface area contributed by atoms with Crippen LogP contribution in [0, 0.1) is 34.5 Å². The molecule has 4 aliphatic carbocycles. The second kappa shape index (κ2) is 6.69. The zero-order valence-electron chi connectivity index (χ0n) is 19.1. The van der Waals surface area contributed by atoms with Crippen LogP contribution in [-0.2, 0) is 14.1 Å². The molecule has 0 radical (unpaired) electrons. The Balaban J connectivity index is 1.37. The second-order valence-electron chi connectivity index (χ2n) is 12.4. The van der Waals surface area contributed by atoms with E-state index in [4.69, 9.17) is 9.31 Å². The molecule has 0 aromatic rings. The van der Waals surface area contributed by atoms with Crippen molar-refractivity contribution in [1.29, 1.82) is 0 Å². The summed E-state index contributed by atoms with van der Waals surface area (Å²) in [5, 5.41) is 0.0461. The summed E-state index contributed by atoms with van der Waals surface area (Å²) < 4.78 is 12.6. The minimum atomic E-state index is -0.0625. The molecule has 29 heavy (non-hydrogen) atoms. The SMILES string of the molecule is CC(C)(C)B1OC[C@@H]([C@H]2CC[C@H]3[C@@H]4CCC5=CC(=O)CC[C@]5(C)[C@H]4CC[C@]23C)O1. The third-order valence-corrected chi connectivity index (χ3v) is 9.90. The number of carbonyl (C=O) groups is 1. The normalized spacial score (nSPS) is 47.5. The first-order chi connectivity index (χ1) is 13.6. The van der Waals surface area contributed by atoms with Crippen molar-refractivity contribution in [3.05, 3.63) is 11.6 Å². The average molecular weight is 398 g/mol. The molecule has 5 rings (SSSR count). The average Bonchev–Trinajstić information content (AvgIpc) is 3.26. The van der Waals surface area contributed by atoms with Crippen molar-refractivity contribution in [3.63, 3.8) is 0 Å². The van der Waals surface area contributed by atoms with E-state index < -0.39 is 0 Å². The van der Waals surface area contributed by atoms with Crippen LogP contribution < -0.4 is 0 Å². The molecule has 0 bridgehead atoms. The van der Waals surface area contributed by atoms with E-state index in [2.05, 4.69) is 34.6 Å². The van der Waals surface area contributed by atoms with Crippen LogP contribution in [0.5, 0.6) is 0 Å². The predicted molar refractivity (Wildman–Crippen MR) is 116 cm³/mol. The molecule has 3 saturated carbocycles. The molecule has 4 heteroatoms. The molecule has 0 aromatic carbocycles. The van der Waals surface area contributed by atoms with Crippen LogP contribution in [0.25, 0.3) is 0 Å². The van der Waals surface area contributed by atoms with Gasteiger partial charge in [0.1, 0.15) is 0 Å². The summed E-state index contributed by atoms with van der Waals surface area (Å²) in [6, 6.07) is 0. The Morgan fingerprint density at radius 2 is 1.76 bits per heavy atom. The van der Waals surface area contributed by atoms with Gasteiger partial charge in [-0.3, -0.25) is 4.79 Å². The van der Waals surface area contributed by atoms with Gasteiger partial charge in [-0.05, 0) is 90.8 Å². The van der Waals surface area contributed by atoms with Gasteiger partial charge in [0.25, 0.3) is 0 Å². The number of fused-ring (bicyclic) bond motifs is 5. The van der Waals surface area contributed by atoms with Crippen LogP contribution in [0.15, 0.2) is 11.6 Å². The Kier molecular flexibility index (Phi) is 4.69. The minimum absolute atomic E-state index is 0.0461. The Labute approximate surface area is 177 Å². The van der Waals surface area contributed by atoms with Crippen molar-refractivity contribution in [1.82, 2.24) is 0 Å². The molecule has 0 aromatic heterocycles. The number of carbonyl (C=O) groups excluding carboxylic acids is 1. The first-order valence-electron chi connectivity index (χ1n) is 12.1. The molecule has 0 spiro atoms. The van der Waals surface area contributed by atoms with E-state index in [1.165, 1.54) is 37.7 Å². The van der Waals surface area contributed by atoms with Gasteiger partial charge in [0, 0.05) is 6.42 Å². The van der Waals surface area contributed by atoms with E-state index in [-0.39, 0.29) is 24.0 Å². The summed E-state index contributed by atoms with van der Waals surface area (Å²) in [6.45, 7) is 12.5. The van der Waals surface area contributed by atoms with E-state index in [1.807, 2.05) is 6.08 Å². The molecule has 1 aliphatic heterocycles. The van der Waals surface area contributed by atoms with Gasteiger partial charge >= 0.3 is 7.12 Å². The highest BCUT2D eigenvalue weighted by molar-refractivity contribution is 6.48. The topological polar surface area (TPSA) is 35.5 Å². The Hall–Kier alpha value is -0.605. The number of hydrogen-bond acceptors (Lipinski definition) is 3. The predicted octanol–water partition coefficient (Wildman–Crippen LogP) is 5.84. The molecule has 0 amide bonds. The van der Waals surface area contributed by atoms with E-state index in [9.17, 15) is 4.79 Å². The smallest absolute Gasteiger partial charge is 0.408 e. The van der Waals surface area contributed by atoms with Gasteiger partial charge in [-0.2, -0.15) is 0 Å². The standard InChI is InChI=1S/C25H39BO3/c1-23(2,3)26-28-15-22(29-26)21-9-8-19-18-7-6-16-14-17(27)10-12-24(16,4)20(18)11-13-25(19,21)5/h14,18-22H,6-13,15H2,1-5H3/t18-,19-,20-,21+,22-,24-,25-/m0/s1. The van der Waals surface area contributed by atoms with Crippen LogP contribution in [0.1, 0.15) is 86.0 Å². The molecule has 5 aliphatic rings. The summed E-state index contributed by atoms with van der Waals surface area (Å²) in [6.07, 6.45) is 11.9. The van der Waals surface area contributed by atoms with E-state index in [0.717, 1.165) is 43.6 Å². The Morgan fingerprint density at radius 3 is 2.48 bits per heavy atom. The van der Waals surface area contributed by atoms with Crippen molar-refractivity contribution in [2.45, 2.75) is 97.4 Å². The van der Waals surface area contributed by atoms with Crippen molar-refractivity contribution in [2.24, 2.45) is 34.5 Å². The fourth-order valence-electron chi connectivity index (χ4n) is 8.30. The minimum Gasteiger partial charge on any atom is -0.408 e. The first-order valence-corrected chi connectivity index (χ1v) is 12.1. The number of allylic oxidation sites excluding steroid dienone is 1. The van der Waals surface area contributed by atoms with Gasteiger partial charge in [0.05, 0.1) is 12.7 Å². The van der Waals surface area contributed by atoms with Crippen molar-refractivity contribution >= 4 is 12.9 Å². The monoisotopic (exact) mass is 398 g/mol. The number of ketones is 1. The highest BCUT2D eigenvalue weighted by atomic mass is 16.6. The van der Waals surface area contributed by atoms with Crippen LogP contribution >= 0.6 is 0 Å². The van der Waals surface area contributed by atoms with Crippen molar-refractivity contribution in [2.75, 3.05) is 6.61 Å². The van der Waals surface area contributed by atoms with E-state index in [1.54, 1.807) is 0 Å². The second-order valence-corrected chi connectivity index (χ2v) is 12.4. The maximum absolute atomic E-state index is 12.0. The lowest BCUT2D eigenvalue weighted by atomic mass is 9.46. The quantitative estimate of drug-likeness (QED) is 0.521. The third-order valence-electron chi connectivity index (χ3n) is 9.90. The molecular formula is C25H39BO3. The molecule has 1 heterocycles. The van der Waals surface area contributed by atoms with Gasteiger partial charge in [-0.15, -0.1) is 0 Å². The van der Waals surface area contributed by atoms with Crippen LogP contribution in [-0.4, -0.2) is 25.6 Å². The molecule has 0 unspecified atom stereocenters. The zero-order valence-corrected chi connectivity index (χ0v) is 19.1. The lowest BCUT2D eigenvalue weighted by Crippen LogP contribution is -2.51. The number of rotatable bonds is 1. The van der Waals surface area contributed by atoms with E-state index >= 15 is 0 Å². The lowest BCUT2D eigenvalue weighted by molar-refractivity contribution is -0.117. The van der Waals surface area contributed by atoms with Gasteiger partial charge in [0.15, 0.2) is 5.78 Å². The summed E-state index contributed by atoms with van der Waals surface area (Å²) in [5.74, 6) is 3.42. The summed E-state index contributed by atoms with van der Waals surface area (Å²) in [4.78, 5) is 12.0. The van der Waals surface area contributed by atoms with Crippen molar-refractivity contribution in [3.8, 4) is 0 Å². The molecule has 0 N–H and O–H groups in total. The van der Waals surface area contributed by atoms with Crippen LogP contribution in [0.3, 0.4) is 0 Å². The van der Waals surface area contributed by atoms with Gasteiger partial charge < -0.3 is 9.31 Å². The van der Waals surface area contributed by atoms with E-state index in [0.29, 0.717) is 17.1 Å². The maximum atomic E-state index is 12.0. The fourth-order valence-corrected chi connectivity index (χ4v) is 8.30.